The van der Waals surface area contributed by atoms with Crippen LogP contribution in [0.5, 0.6) is 12.0 Å². The van der Waals surface area contributed by atoms with E-state index in [1.807, 2.05) is 18.2 Å². The molecule has 2 atom stereocenters. The molecule has 0 spiro atoms. The second-order valence-electron chi connectivity index (χ2n) is 6.48. The number of aromatic nitrogens is 3. The Morgan fingerprint density at radius 1 is 0.742 bits per heavy atom. The van der Waals surface area contributed by atoms with Crippen molar-refractivity contribution in [1.29, 1.82) is 0 Å². The Balaban J connectivity index is 1.97. The second-order valence-corrected chi connectivity index (χ2v) is 6.48. The zero-order valence-corrected chi connectivity index (χ0v) is 16.1. The van der Waals surface area contributed by atoms with Crippen LogP contribution in [0.2, 0.25) is 0 Å². The quantitative estimate of drug-likeness (QED) is 0.510. The van der Waals surface area contributed by atoms with Crippen molar-refractivity contribution in [2.24, 2.45) is 0 Å². The minimum atomic E-state index is -4.74. The third kappa shape index (κ3) is 5.64. The third-order valence-corrected chi connectivity index (χ3v) is 4.12. The molecule has 1 aromatic heterocycles. The van der Waals surface area contributed by atoms with Gasteiger partial charge in [0.15, 0.2) is 12.2 Å². The van der Waals surface area contributed by atoms with E-state index in [9.17, 15) is 26.3 Å². The maximum Gasteiger partial charge on any atom is 0.425 e. The Labute approximate surface area is 172 Å². The van der Waals surface area contributed by atoms with Crippen LogP contribution in [0.4, 0.5) is 38.0 Å². The molecule has 0 amide bonds. The summed E-state index contributed by atoms with van der Waals surface area (Å²) in [5.74, 6) is -0.347. The van der Waals surface area contributed by atoms with Gasteiger partial charge in [0, 0.05) is 11.1 Å². The van der Waals surface area contributed by atoms with Crippen LogP contribution in [0.25, 0.3) is 10.8 Å². The molecule has 0 aliphatic carbocycles. The first-order valence-corrected chi connectivity index (χ1v) is 8.91. The molecular weight excluding hydrogens is 430 g/mol. The molecule has 0 radical (unpaired) electrons. The summed E-state index contributed by atoms with van der Waals surface area (Å²) in [6.45, 7) is 1.42. The predicted molar refractivity (Wildman–Crippen MR) is 99.3 cm³/mol. The third-order valence-electron chi connectivity index (χ3n) is 4.12. The van der Waals surface area contributed by atoms with Gasteiger partial charge in [-0.25, -0.2) is 0 Å². The summed E-state index contributed by atoms with van der Waals surface area (Å²) in [6.07, 6.45) is -14.1. The number of hydrogen-bond acceptors (Lipinski definition) is 6. The molecule has 0 fully saturated rings. The van der Waals surface area contributed by atoms with Gasteiger partial charge in [0.1, 0.15) is 0 Å². The van der Waals surface area contributed by atoms with Gasteiger partial charge in [0.2, 0.25) is 5.95 Å². The van der Waals surface area contributed by atoms with E-state index in [4.69, 9.17) is 0 Å². The Morgan fingerprint density at radius 2 is 1.26 bits per heavy atom. The number of halogens is 6. The van der Waals surface area contributed by atoms with Gasteiger partial charge in [-0.2, -0.15) is 36.3 Å². The van der Waals surface area contributed by atoms with Gasteiger partial charge in [-0.15, -0.1) is 4.98 Å². The summed E-state index contributed by atoms with van der Waals surface area (Å²) in [4.78, 5) is 10.9. The zero-order chi connectivity index (χ0) is 22.8. The summed E-state index contributed by atoms with van der Waals surface area (Å²) in [5, 5.41) is 4.33. The van der Waals surface area contributed by atoms with E-state index in [0.29, 0.717) is 19.5 Å². The van der Waals surface area contributed by atoms with Crippen molar-refractivity contribution in [3.8, 4) is 12.0 Å². The summed E-state index contributed by atoms with van der Waals surface area (Å²) < 4.78 is 86.3. The molecule has 31 heavy (non-hydrogen) atoms. The van der Waals surface area contributed by atoms with Crippen LogP contribution in [0.15, 0.2) is 42.5 Å². The van der Waals surface area contributed by atoms with Crippen molar-refractivity contribution >= 4 is 22.4 Å². The van der Waals surface area contributed by atoms with Gasteiger partial charge in [0.25, 0.3) is 0 Å². The van der Waals surface area contributed by atoms with Gasteiger partial charge in [-0.05, 0) is 25.3 Å². The normalized spacial score (nSPS) is 14.2. The highest BCUT2D eigenvalue weighted by atomic mass is 19.4. The van der Waals surface area contributed by atoms with E-state index in [0.717, 1.165) is 10.8 Å². The minimum Gasteiger partial charge on any atom is -0.451 e. The fraction of sp³-hybridized carbons (Fsp3) is 0.316. The number of alkyl halides is 6. The molecule has 0 aliphatic rings. The summed E-state index contributed by atoms with van der Waals surface area (Å²) in [7, 11) is 0. The summed E-state index contributed by atoms with van der Waals surface area (Å²) >= 11 is 0. The molecule has 0 saturated heterocycles. The van der Waals surface area contributed by atoms with Crippen molar-refractivity contribution in [2.75, 3.05) is 5.32 Å². The van der Waals surface area contributed by atoms with Crippen LogP contribution in [0, 0.1) is 0 Å². The molecule has 1 N–H and O–H groups in total. The molecule has 3 aromatic rings. The van der Waals surface area contributed by atoms with E-state index in [1.165, 1.54) is 0 Å². The smallest absolute Gasteiger partial charge is 0.425 e. The fourth-order valence-corrected chi connectivity index (χ4v) is 2.40. The molecule has 3 rings (SSSR count). The maximum atomic E-state index is 12.8. The lowest BCUT2D eigenvalue weighted by Crippen LogP contribution is -2.33. The van der Waals surface area contributed by atoms with Gasteiger partial charge in [-0.3, -0.25) is 0 Å². The van der Waals surface area contributed by atoms with Crippen LogP contribution >= 0.6 is 0 Å². The topological polar surface area (TPSA) is 69.2 Å². The largest absolute Gasteiger partial charge is 0.451 e. The number of ether oxygens (including phenoxy) is 2. The van der Waals surface area contributed by atoms with E-state index < -0.39 is 36.6 Å². The molecule has 6 nitrogen and oxygen atoms in total. The molecule has 0 bridgehead atoms. The minimum absolute atomic E-state index is 0.347. The standard InChI is InChI=1S/C19H16F6N4O2/c1-10(18(20,21)22)30-16-27-15(28-17(29-16)31-11(2)19(23,24)25)26-14-9-5-7-12-6-3-4-8-13(12)14/h3-11H,1-2H3,(H,26,27,28,29). The zero-order valence-electron chi connectivity index (χ0n) is 16.1. The Hall–Kier alpha value is -3.31. The Bertz CT molecular complexity index is 1010. The molecule has 12 heteroatoms. The molecule has 0 saturated carbocycles. The summed E-state index contributed by atoms with van der Waals surface area (Å²) in [6, 6.07) is 10.7. The van der Waals surface area contributed by atoms with Gasteiger partial charge in [-0.1, -0.05) is 36.4 Å². The number of nitrogens with zero attached hydrogens (tertiary/aromatic N) is 3. The SMILES string of the molecule is CC(Oc1nc(Nc2cccc3ccccc23)nc(OC(C)C(F)(F)F)n1)C(F)(F)F. The van der Waals surface area contributed by atoms with Gasteiger partial charge >= 0.3 is 24.4 Å². The van der Waals surface area contributed by atoms with Crippen LogP contribution < -0.4 is 14.8 Å². The van der Waals surface area contributed by atoms with E-state index >= 15 is 0 Å². The fourth-order valence-electron chi connectivity index (χ4n) is 2.40. The first kappa shape index (κ1) is 22.4. The van der Waals surface area contributed by atoms with Crippen LogP contribution in [0.1, 0.15) is 13.8 Å². The molecular formula is C19H16F6N4O2. The second kappa shape index (κ2) is 8.44. The number of rotatable bonds is 6. The Morgan fingerprint density at radius 3 is 1.81 bits per heavy atom. The Kier molecular flexibility index (Phi) is 6.09. The average Bonchev–Trinajstić information content (AvgIpc) is 2.66. The van der Waals surface area contributed by atoms with Crippen molar-refractivity contribution in [2.45, 2.75) is 38.4 Å². The average molecular weight is 446 g/mol. The number of anilines is 2. The van der Waals surface area contributed by atoms with Crippen molar-refractivity contribution in [1.82, 2.24) is 15.0 Å². The maximum absolute atomic E-state index is 12.8. The lowest BCUT2D eigenvalue weighted by atomic mass is 10.1. The van der Waals surface area contributed by atoms with Crippen molar-refractivity contribution < 1.29 is 35.8 Å². The van der Waals surface area contributed by atoms with Crippen molar-refractivity contribution in [3.05, 3.63) is 42.5 Å². The predicted octanol–water partition coefficient (Wildman–Crippen LogP) is 5.43. The van der Waals surface area contributed by atoms with E-state index in [1.54, 1.807) is 24.3 Å². The molecule has 0 aliphatic heterocycles. The van der Waals surface area contributed by atoms with Crippen molar-refractivity contribution in [3.63, 3.8) is 0 Å². The molecule has 1 heterocycles. The van der Waals surface area contributed by atoms with Gasteiger partial charge < -0.3 is 14.8 Å². The van der Waals surface area contributed by atoms with Crippen LogP contribution in [-0.4, -0.2) is 39.5 Å². The first-order valence-electron chi connectivity index (χ1n) is 8.91. The number of benzene rings is 2. The highest BCUT2D eigenvalue weighted by Gasteiger charge is 2.40. The molecule has 2 unspecified atom stereocenters. The van der Waals surface area contributed by atoms with Crippen LogP contribution in [0.3, 0.4) is 0 Å². The monoisotopic (exact) mass is 446 g/mol. The van der Waals surface area contributed by atoms with Crippen LogP contribution in [-0.2, 0) is 0 Å². The number of hydrogen-bond donors (Lipinski definition) is 1. The molecule has 166 valence electrons. The number of nitrogens with one attached hydrogen (secondary N) is 1. The highest BCUT2D eigenvalue weighted by Crippen LogP contribution is 2.29. The highest BCUT2D eigenvalue weighted by molar-refractivity contribution is 5.94. The lowest BCUT2D eigenvalue weighted by Gasteiger charge is -2.19. The summed E-state index contributed by atoms with van der Waals surface area (Å²) in [5.41, 5.74) is 0.467. The number of fused-ring (bicyclic) bond motifs is 1. The lowest BCUT2D eigenvalue weighted by molar-refractivity contribution is -0.192. The first-order chi connectivity index (χ1) is 14.4. The van der Waals surface area contributed by atoms with E-state index in [-0.39, 0.29) is 5.95 Å². The molecule has 2 aromatic carbocycles. The van der Waals surface area contributed by atoms with Gasteiger partial charge in [0.05, 0.1) is 0 Å². The van der Waals surface area contributed by atoms with E-state index in [2.05, 4.69) is 29.7 Å².